The Labute approximate surface area is 117 Å². The summed E-state index contributed by atoms with van der Waals surface area (Å²) >= 11 is 0. The number of ether oxygens (including phenoxy) is 2. The predicted octanol–water partition coefficient (Wildman–Crippen LogP) is 3.79. The highest BCUT2D eigenvalue weighted by Crippen LogP contribution is 2.31. The maximum Gasteiger partial charge on any atom is 0.161 e. The Morgan fingerprint density at radius 2 is 1.68 bits per heavy atom. The van der Waals surface area contributed by atoms with Crippen molar-refractivity contribution in [1.82, 2.24) is 5.32 Å². The SMILES string of the molecule is CCC(NC(C)C(C)C)c1ccc(OC)c(OC)c1. The molecule has 0 aliphatic carbocycles. The van der Waals surface area contributed by atoms with Gasteiger partial charge in [0.05, 0.1) is 14.2 Å². The molecule has 0 radical (unpaired) electrons. The Bertz CT molecular complexity index is 390. The molecule has 1 rings (SSSR count). The Morgan fingerprint density at radius 3 is 2.16 bits per heavy atom. The summed E-state index contributed by atoms with van der Waals surface area (Å²) in [7, 11) is 3.33. The van der Waals surface area contributed by atoms with Crippen LogP contribution in [-0.2, 0) is 0 Å². The average molecular weight is 265 g/mol. The third-order valence-corrected chi connectivity index (χ3v) is 3.68. The van der Waals surface area contributed by atoms with E-state index < -0.39 is 0 Å². The smallest absolute Gasteiger partial charge is 0.161 e. The van der Waals surface area contributed by atoms with Crippen LogP contribution < -0.4 is 14.8 Å². The molecule has 0 aliphatic heterocycles. The molecule has 2 unspecified atom stereocenters. The van der Waals surface area contributed by atoms with E-state index >= 15 is 0 Å². The van der Waals surface area contributed by atoms with Crippen LogP contribution in [0.2, 0.25) is 0 Å². The van der Waals surface area contributed by atoms with Crippen LogP contribution in [0.1, 0.15) is 45.7 Å². The van der Waals surface area contributed by atoms with E-state index in [9.17, 15) is 0 Å². The summed E-state index contributed by atoms with van der Waals surface area (Å²) in [6.07, 6.45) is 1.05. The molecule has 1 aromatic rings. The second-order valence-electron chi connectivity index (χ2n) is 5.27. The minimum absolute atomic E-state index is 0.345. The second kappa shape index (κ2) is 7.39. The zero-order valence-corrected chi connectivity index (χ0v) is 13.0. The fourth-order valence-electron chi connectivity index (χ4n) is 2.03. The van der Waals surface area contributed by atoms with Crippen molar-refractivity contribution in [3.05, 3.63) is 23.8 Å². The van der Waals surface area contributed by atoms with Crippen molar-refractivity contribution in [1.29, 1.82) is 0 Å². The number of rotatable bonds is 7. The van der Waals surface area contributed by atoms with E-state index in [-0.39, 0.29) is 0 Å². The summed E-state index contributed by atoms with van der Waals surface area (Å²) in [5.41, 5.74) is 1.24. The molecule has 0 aromatic heterocycles. The summed E-state index contributed by atoms with van der Waals surface area (Å²) < 4.78 is 10.6. The molecule has 0 saturated carbocycles. The maximum atomic E-state index is 5.37. The van der Waals surface area contributed by atoms with Crippen molar-refractivity contribution in [3.63, 3.8) is 0 Å². The molecule has 0 fully saturated rings. The molecule has 0 bridgehead atoms. The van der Waals surface area contributed by atoms with E-state index in [2.05, 4.69) is 45.1 Å². The molecule has 0 amide bonds. The van der Waals surface area contributed by atoms with Crippen molar-refractivity contribution in [2.75, 3.05) is 14.2 Å². The van der Waals surface area contributed by atoms with Crippen molar-refractivity contribution in [3.8, 4) is 11.5 Å². The second-order valence-corrected chi connectivity index (χ2v) is 5.27. The summed E-state index contributed by atoms with van der Waals surface area (Å²) in [6.45, 7) is 8.90. The lowest BCUT2D eigenvalue weighted by Gasteiger charge is -2.25. The molecule has 0 spiro atoms. The normalized spacial score (nSPS) is 14.3. The van der Waals surface area contributed by atoms with Gasteiger partial charge in [0.2, 0.25) is 0 Å². The average Bonchev–Trinajstić information content (AvgIpc) is 2.43. The third kappa shape index (κ3) is 4.13. The first kappa shape index (κ1) is 15.8. The summed E-state index contributed by atoms with van der Waals surface area (Å²) in [5.74, 6) is 2.18. The fraction of sp³-hybridized carbons (Fsp3) is 0.625. The quantitative estimate of drug-likeness (QED) is 0.813. The Hall–Kier alpha value is -1.22. The Balaban J connectivity index is 2.92. The summed E-state index contributed by atoms with van der Waals surface area (Å²) in [6, 6.07) is 6.97. The zero-order valence-electron chi connectivity index (χ0n) is 13.0. The van der Waals surface area contributed by atoms with E-state index in [0.29, 0.717) is 18.0 Å². The molecule has 108 valence electrons. The molecule has 1 N–H and O–H groups in total. The van der Waals surface area contributed by atoms with Gasteiger partial charge in [-0.3, -0.25) is 0 Å². The number of benzene rings is 1. The molecule has 2 atom stereocenters. The van der Waals surface area contributed by atoms with Crippen LogP contribution >= 0.6 is 0 Å². The van der Waals surface area contributed by atoms with Gasteiger partial charge in [0, 0.05) is 12.1 Å². The van der Waals surface area contributed by atoms with Crippen LogP contribution in [0.3, 0.4) is 0 Å². The van der Waals surface area contributed by atoms with Gasteiger partial charge in [-0.2, -0.15) is 0 Å². The lowest BCUT2D eigenvalue weighted by molar-refractivity contribution is 0.349. The fourth-order valence-corrected chi connectivity index (χ4v) is 2.03. The zero-order chi connectivity index (χ0) is 14.4. The molecule has 0 saturated heterocycles. The highest BCUT2D eigenvalue weighted by molar-refractivity contribution is 5.43. The number of hydrogen-bond acceptors (Lipinski definition) is 3. The monoisotopic (exact) mass is 265 g/mol. The van der Waals surface area contributed by atoms with Crippen LogP contribution in [0.15, 0.2) is 18.2 Å². The van der Waals surface area contributed by atoms with E-state index in [1.165, 1.54) is 5.56 Å². The maximum absolute atomic E-state index is 5.37. The first-order chi connectivity index (χ1) is 9.03. The molecular weight excluding hydrogens is 238 g/mol. The van der Waals surface area contributed by atoms with Gasteiger partial charge in [-0.15, -0.1) is 0 Å². The van der Waals surface area contributed by atoms with Gasteiger partial charge in [-0.25, -0.2) is 0 Å². The first-order valence-electron chi connectivity index (χ1n) is 7.01. The highest BCUT2D eigenvalue weighted by Gasteiger charge is 2.16. The molecule has 0 aliphatic rings. The number of hydrogen-bond donors (Lipinski definition) is 1. The van der Waals surface area contributed by atoms with Crippen molar-refractivity contribution < 1.29 is 9.47 Å². The van der Waals surface area contributed by atoms with Gasteiger partial charge in [-0.05, 0) is 37.0 Å². The van der Waals surface area contributed by atoms with Gasteiger partial charge < -0.3 is 14.8 Å². The molecule has 3 nitrogen and oxygen atoms in total. The van der Waals surface area contributed by atoms with E-state index in [1.54, 1.807) is 14.2 Å². The molecular formula is C16H27NO2. The van der Waals surface area contributed by atoms with Gasteiger partial charge in [0.25, 0.3) is 0 Å². The summed E-state index contributed by atoms with van der Waals surface area (Å²) in [4.78, 5) is 0. The third-order valence-electron chi connectivity index (χ3n) is 3.68. The largest absolute Gasteiger partial charge is 0.493 e. The van der Waals surface area contributed by atoms with Gasteiger partial charge >= 0.3 is 0 Å². The highest BCUT2D eigenvalue weighted by atomic mass is 16.5. The van der Waals surface area contributed by atoms with Crippen LogP contribution in [-0.4, -0.2) is 20.3 Å². The minimum Gasteiger partial charge on any atom is -0.493 e. The molecule has 0 heterocycles. The molecule has 1 aromatic carbocycles. The number of methoxy groups -OCH3 is 2. The van der Waals surface area contributed by atoms with E-state index in [4.69, 9.17) is 9.47 Å². The summed E-state index contributed by atoms with van der Waals surface area (Å²) in [5, 5.41) is 3.67. The topological polar surface area (TPSA) is 30.5 Å². The Morgan fingerprint density at radius 1 is 1.05 bits per heavy atom. The van der Waals surface area contributed by atoms with Gasteiger partial charge in [-0.1, -0.05) is 26.8 Å². The van der Waals surface area contributed by atoms with Crippen molar-refractivity contribution in [2.45, 2.75) is 46.2 Å². The van der Waals surface area contributed by atoms with Crippen LogP contribution in [0, 0.1) is 5.92 Å². The Kier molecular flexibility index (Phi) is 6.16. The van der Waals surface area contributed by atoms with E-state index in [1.807, 2.05) is 6.07 Å². The van der Waals surface area contributed by atoms with Crippen LogP contribution in [0.4, 0.5) is 0 Å². The van der Waals surface area contributed by atoms with Crippen LogP contribution in [0.25, 0.3) is 0 Å². The lowest BCUT2D eigenvalue weighted by atomic mass is 9.99. The molecule has 19 heavy (non-hydrogen) atoms. The minimum atomic E-state index is 0.345. The molecule has 3 heteroatoms. The first-order valence-corrected chi connectivity index (χ1v) is 7.01. The van der Waals surface area contributed by atoms with E-state index in [0.717, 1.165) is 17.9 Å². The lowest BCUT2D eigenvalue weighted by Crippen LogP contribution is -2.34. The van der Waals surface area contributed by atoms with Crippen LogP contribution in [0.5, 0.6) is 11.5 Å². The van der Waals surface area contributed by atoms with Gasteiger partial charge in [0.15, 0.2) is 11.5 Å². The van der Waals surface area contributed by atoms with Crippen molar-refractivity contribution >= 4 is 0 Å². The van der Waals surface area contributed by atoms with Crippen molar-refractivity contribution in [2.24, 2.45) is 5.92 Å². The number of nitrogens with one attached hydrogen (secondary N) is 1. The standard InChI is InChI=1S/C16H27NO2/c1-7-14(17-12(4)11(2)3)13-8-9-15(18-5)16(10-13)19-6/h8-12,14,17H,7H2,1-6H3. The van der Waals surface area contributed by atoms with Gasteiger partial charge in [0.1, 0.15) is 0 Å². The predicted molar refractivity (Wildman–Crippen MR) is 80.0 cm³/mol.